The summed E-state index contributed by atoms with van der Waals surface area (Å²) in [6.45, 7) is 10.6. The van der Waals surface area contributed by atoms with Gasteiger partial charge in [-0.1, -0.05) is 51.1 Å². The van der Waals surface area contributed by atoms with Crippen LogP contribution in [0.2, 0.25) is 0 Å². The van der Waals surface area contributed by atoms with E-state index in [1.165, 1.54) is 11.4 Å². The Balaban J connectivity index is 1.55. The normalized spacial score (nSPS) is 16.0. The molecule has 1 fully saturated rings. The van der Waals surface area contributed by atoms with Crippen molar-refractivity contribution in [1.29, 1.82) is 0 Å². The van der Waals surface area contributed by atoms with Gasteiger partial charge in [-0.25, -0.2) is 4.98 Å². The Bertz CT molecular complexity index is 663. The van der Waals surface area contributed by atoms with Gasteiger partial charge < -0.3 is 0 Å². The molecule has 1 saturated heterocycles. The van der Waals surface area contributed by atoms with E-state index in [9.17, 15) is 0 Å². The average Bonchev–Trinajstić information content (AvgIpc) is 2.61. The zero-order chi connectivity index (χ0) is 17.0. The number of H-pyrrole nitrogens is 1. The van der Waals surface area contributed by atoms with Crippen LogP contribution in [0.3, 0.4) is 0 Å². The number of rotatable bonds is 3. The van der Waals surface area contributed by atoms with Crippen LogP contribution in [0.15, 0.2) is 53.8 Å². The number of aromatic nitrogens is 1. The highest BCUT2D eigenvalue weighted by atomic mass is 15.5. The summed E-state index contributed by atoms with van der Waals surface area (Å²) in [6, 6.07) is 14.9. The van der Waals surface area contributed by atoms with Gasteiger partial charge in [-0.05, 0) is 22.6 Å². The lowest BCUT2D eigenvalue weighted by Crippen LogP contribution is -2.45. The lowest BCUT2D eigenvalue weighted by atomic mass is 9.87. The first-order valence-electron chi connectivity index (χ1n) is 8.63. The highest BCUT2D eigenvalue weighted by Gasteiger charge is 2.21. The summed E-state index contributed by atoms with van der Waals surface area (Å²) in [7, 11) is 0. The number of nitrogens with one attached hydrogen (secondary N) is 1. The molecule has 0 radical (unpaired) electrons. The monoisotopic (exact) mass is 323 g/mol. The predicted molar refractivity (Wildman–Crippen MR) is 99.5 cm³/mol. The highest BCUT2D eigenvalue weighted by Crippen LogP contribution is 2.21. The van der Waals surface area contributed by atoms with Crippen LogP contribution in [0.25, 0.3) is 0 Å². The molecule has 0 amide bonds. The van der Waals surface area contributed by atoms with Gasteiger partial charge in [0.05, 0.1) is 25.5 Å². The molecule has 2 aromatic rings. The smallest absolute Gasteiger partial charge is 0.274 e. The number of hydrazone groups is 1. The number of pyridine rings is 1. The second-order valence-electron chi connectivity index (χ2n) is 7.31. The van der Waals surface area contributed by atoms with E-state index in [1.54, 1.807) is 0 Å². The molecule has 0 aliphatic carbocycles. The zero-order valence-electron chi connectivity index (χ0n) is 14.9. The Hall–Kier alpha value is -2.36. The number of benzene rings is 1. The summed E-state index contributed by atoms with van der Waals surface area (Å²) in [4.78, 5) is 5.66. The van der Waals surface area contributed by atoms with Gasteiger partial charge in [0.2, 0.25) is 0 Å². The molecule has 4 nitrogen and oxygen atoms in total. The number of hydrogen-bond donors (Lipinski definition) is 0. The van der Waals surface area contributed by atoms with Crippen LogP contribution >= 0.6 is 0 Å². The van der Waals surface area contributed by atoms with Gasteiger partial charge in [0.25, 0.3) is 5.82 Å². The van der Waals surface area contributed by atoms with Crippen molar-refractivity contribution in [3.05, 3.63) is 59.8 Å². The minimum Gasteiger partial charge on any atom is -0.289 e. The summed E-state index contributed by atoms with van der Waals surface area (Å²) < 4.78 is 0. The SMILES string of the molecule is CC(C)(C)c1ccc(/C=N\N2CCN(c3cccc[nH+]3)CC2)cc1. The van der Waals surface area contributed by atoms with Gasteiger partial charge in [-0.2, -0.15) is 5.10 Å². The van der Waals surface area contributed by atoms with Crippen LogP contribution in [-0.4, -0.2) is 37.4 Å². The Kier molecular flexibility index (Phi) is 4.84. The van der Waals surface area contributed by atoms with Crippen LogP contribution in [-0.2, 0) is 5.41 Å². The van der Waals surface area contributed by atoms with Crippen molar-refractivity contribution in [3.8, 4) is 0 Å². The van der Waals surface area contributed by atoms with E-state index in [0.717, 1.165) is 31.7 Å². The molecule has 0 unspecified atom stereocenters. The van der Waals surface area contributed by atoms with Crippen molar-refractivity contribution < 1.29 is 4.98 Å². The maximum absolute atomic E-state index is 4.64. The second-order valence-corrected chi connectivity index (χ2v) is 7.31. The molecule has 1 aromatic carbocycles. The second kappa shape index (κ2) is 7.04. The molecule has 3 rings (SSSR count). The van der Waals surface area contributed by atoms with E-state index in [2.05, 4.69) is 77.2 Å². The topological polar surface area (TPSA) is 33.0 Å². The standard InChI is InChI=1S/C20H26N4/c1-20(2,3)18-9-7-17(8-10-18)16-22-24-14-12-23(13-15-24)19-6-4-5-11-21-19/h4-11,16H,12-15H2,1-3H3/p+1/b22-16-. The summed E-state index contributed by atoms with van der Waals surface area (Å²) in [5, 5.41) is 6.79. The largest absolute Gasteiger partial charge is 0.289 e. The first-order chi connectivity index (χ1) is 11.5. The van der Waals surface area contributed by atoms with Crippen LogP contribution in [0.5, 0.6) is 0 Å². The van der Waals surface area contributed by atoms with E-state index >= 15 is 0 Å². The third kappa shape index (κ3) is 4.13. The van der Waals surface area contributed by atoms with Crippen molar-refractivity contribution in [1.82, 2.24) is 5.01 Å². The van der Waals surface area contributed by atoms with Gasteiger partial charge in [0, 0.05) is 6.07 Å². The molecule has 0 spiro atoms. The van der Waals surface area contributed by atoms with Gasteiger partial charge in [0.1, 0.15) is 13.1 Å². The van der Waals surface area contributed by atoms with E-state index in [0.29, 0.717) is 0 Å². The van der Waals surface area contributed by atoms with E-state index < -0.39 is 0 Å². The maximum atomic E-state index is 4.64. The minimum atomic E-state index is 0.195. The first kappa shape index (κ1) is 16.5. The van der Waals surface area contributed by atoms with Crippen molar-refractivity contribution in [3.63, 3.8) is 0 Å². The first-order valence-corrected chi connectivity index (χ1v) is 8.63. The van der Waals surface area contributed by atoms with Gasteiger partial charge in [-0.15, -0.1) is 0 Å². The highest BCUT2D eigenvalue weighted by molar-refractivity contribution is 5.79. The molecule has 0 bridgehead atoms. The molecule has 1 aromatic heterocycles. The van der Waals surface area contributed by atoms with Crippen LogP contribution in [0.1, 0.15) is 31.9 Å². The fourth-order valence-corrected chi connectivity index (χ4v) is 2.85. The number of anilines is 1. The van der Waals surface area contributed by atoms with Crippen LogP contribution in [0, 0.1) is 0 Å². The minimum absolute atomic E-state index is 0.195. The molecule has 24 heavy (non-hydrogen) atoms. The number of aromatic amines is 1. The molecular formula is C20H27N4+. The quantitative estimate of drug-likeness (QED) is 0.814. The summed E-state index contributed by atoms with van der Waals surface area (Å²) in [6.07, 6.45) is 3.94. The molecule has 1 N–H and O–H groups in total. The van der Waals surface area contributed by atoms with Crippen LogP contribution < -0.4 is 9.88 Å². The summed E-state index contributed by atoms with van der Waals surface area (Å²) >= 11 is 0. The van der Waals surface area contributed by atoms with E-state index in [-0.39, 0.29) is 5.41 Å². The third-order valence-corrected chi connectivity index (χ3v) is 4.44. The Morgan fingerprint density at radius 1 is 0.958 bits per heavy atom. The van der Waals surface area contributed by atoms with E-state index in [1.807, 2.05) is 18.5 Å². The fourth-order valence-electron chi connectivity index (χ4n) is 2.85. The molecule has 4 heteroatoms. The van der Waals surface area contributed by atoms with Crippen LogP contribution in [0.4, 0.5) is 5.82 Å². The number of piperazine rings is 1. The van der Waals surface area contributed by atoms with Crippen molar-refractivity contribution in [2.24, 2.45) is 5.10 Å². The maximum Gasteiger partial charge on any atom is 0.274 e. The number of hydrogen-bond acceptors (Lipinski definition) is 3. The average molecular weight is 323 g/mol. The van der Waals surface area contributed by atoms with Gasteiger partial charge in [0.15, 0.2) is 0 Å². The molecule has 1 aliphatic heterocycles. The summed E-state index contributed by atoms with van der Waals surface area (Å²) in [5.74, 6) is 1.18. The molecule has 126 valence electrons. The Labute approximate surface area is 144 Å². The molecular weight excluding hydrogens is 296 g/mol. The number of nitrogens with zero attached hydrogens (tertiary/aromatic N) is 3. The fraction of sp³-hybridized carbons (Fsp3) is 0.400. The van der Waals surface area contributed by atoms with Crippen molar-refractivity contribution in [2.75, 3.05) is 31.1 Å². The van der Waals surface area contributed by atoms with Gasteiger partial charge in [-0.3, -0.25) is 9.91 Å². The molecule has 0 atom stereocenters. The lowest BCUT2D eigenvalue weighted by molar-refractivity contribution is -0.364. The Morgan fingerprint density at radius 2 is 1.67 bits per heavy atom. The molecule has 2 heterocycles. The zero-order valence-corrected chi connectivity index (χ0v) is 14.9. The third-order valence-electron chi connectivity index (χ3n) is 4.44. The Morgan fingerprint density at radius 3 is 2.25 bits per heavy atom. The predicted octanol–water partition coefficient (Wildman–Crippen LogP) is 2.95. The molecule has 1 aliphatic rings. The summed E-state index contributed by atoms with van der Waals surface area (Å²) in [5.41, 5.74) is 2.70. The molecule has 0 saturated carbocycles. The lowest BCUT2D eigenvalue weighted by Gasteiger charge is -2.28. The van der Waals surface area contributed by atoms with E-state index in [4.69, 9.17) is 0 Å². The van der Waals surface area contributed by atoms with Crippen molar-refractivity contribution in [2.45, 2.75) is 26.2 Å². The van der Waals surface area contributed by atoms with Crippen molar-refractivity contribution >= 4 is 12.0 Å². The van der Waals surface area contributed by atoms with Gasteiger partial charge >= 0.3 is 0 Å².